The molecule has 0 amide bonds. The second-order valence-electron chi connectivity index (χ2n) is 5.46. The summed E-state index contributed by atoms with van der Waals surface area (Å²) < 4.78 is 5.31. The standard InChI is InChI=1S/C17H30N4O/c1-5-22-12-6-11-19-17(18-2)20-13-15-7-9-16(10-8-15)14-21(3)4/h7-10H,5-6,11-14H2,1-4H3,(H2,18,19,20). The number of guanidine groups is 1. The summed E-state index contributed by atoms with van der Waals surface area (Å²) in [5.74, 6) is 0.828. The maximum Gasteiger partial charge on any atom is 0.191 e. The molecule has 0 unspecified atom stereocenters. The Kier molecular flexibility index (Phi) is 9.26. The van der Waals surface area contributed by atoms with Crippen molar-refractivity contribution in [2.24, 2.45) is 4.99 Å². The largest absolute Gasteiger partial charge is 0.382 e. The van der Waals surface area contributed by atoms with Crippen LogP contribution in [0.5, 0.6) is 0 Å². The number of hydrogen-bond donors (Lipinski definition) is 2. The van der Waals surface area contributed by atoms with Gasteiger partial charge in [0.15, 0.2) is 5.96 Å². The second-order valence-corrected chi connectivity index (χ2v) is 5.46. The van der Waals surface area contributed by atoms with Gasteiger partial charge in [-0.25, -0.2) is 0 Å². The van der Waals surface area contributed by atoms with E-state index in [1.807, 2.05) is 6.92 Å². The zero-order chi connectivity index (χ0) is 16.2. The van der Waals surface area contributed by atoms with Gasteiger partial charge in [-0.05, 0) is 38.6 Å². The van der Waals surface area contributed by atoms with E-state index in [1.165, 1.54) is 11.1 Å². The summed E-state index contributed by atoms with van der Waals surface area (Å²) in [6.45, 7) is 6.17. The third-order valence-electron chi connectivity index (χ3n) is 3.17. The zero-order valence-corrected chi connectivity index (χ0v) is 14.4. The van der Waals surface area contributed by atoms with E-state index in [4.69, 9.17) is 4.74 Å². The monoisotopic (exact) mass is 306 g/mol. The highest BCUT2D eigenvalue weighted by molar-refractivity contribution is 5.79. The first kappa shape index (κ1) is 18.5. The average Bonchev–Trinajstić information content (AvgIpc) is 2.51. The van der Waals surface area contributed by atoms with E-state index >= 15 is 0 Å². The molecule has 0 saturated heterocycles. The molecule has 5 nitrogen and oxygen atoms in total. The van der Waals surface area contributed by atoms with Gasteiger partial charge in [0.05, 0.1) is 0 Å². The van der Waals surface area contributed by atoms with E-state index in [0.717, 1.165) is 45.2 Å². The average molecular weight is 306 g/mol. The van der Waals surface area contributed by atoms with Gasteiger partial charge in [-0.3, -0.25) is 4.99 Å². The van der Waals surface area contributed by atoms with Gasteiger partial charge in [-0.2, -0.15) is 0 Å². The molecule has 0 bridgehead atoms. The van der Waals surface area contributed by atoms with Gasteiger partial charge < -0.3 is 20.3 Å². The van der Waals surface area contributed by atoms with Crippen LogP contribution in [0, 0.1) is 0 Å². The maximum absolute atomic E-state index is 5.31. The fraction of sp³-hybridized carbons (Fsp3) is 0.588. The lowest BCUT2D eigenvalue weighted by Gasteiger charge is -2.13. The van der Waals surface area contributed by atoms with Crippen LogP contribution in [0.25, 0.3) is 0 Å². The van der Waals surface area contributed by atoms with Crippen LogP contribution >= 0.6 is 0 Å². The number of nitrogens with zero attached hydrogens (tertiary/aromatic N) is 2. The van der Waals surface area contributed by atoms with Crippen molar-refractivity contribution in [1.82, 2.24) is 15.5 Å². The molecule has 1 aromatic rings. The summed E-state index contributed by atoms with van der Waals surface area (Å²) in [5.41, 5.74) is 2.58. The molecule has 5 heteroatoms. The van der Waals surface area contributed by atoms with E-state index < -0.39 is 0 Å². The Balaban J connectivity index is 2.30. The van der Waals surface area contributed by atoms with Gasteiger partial charge in [0.2, 0.25) is 0 Å². The highest BCUT2D eigenvalue weighted by atomic mass is 16.5. The first-order valence-electron chi connectivity index (χ1n) is 7.90. The molecule has 1 aromatic carbocycles. The van der Waals surface area contributed by atoms with E-state index in [2.05, 4.69) is 58.9 Å². The van der Waals surface area contributed by atoms with Crippen LogP contribution in [0.3, 0.4) is 0 Å². The Morgan fingerprint density at radius 2 is 1.82 bits per heavy atom. The molecule has 0 atom stereocenters. The van der Waals surface area contributed by atoms with Crippen molar-refractivity contribution >= 4 is 5.96 Å². The molecule has 0 radical (unpaired) electrons. The predicted octanol–water partition coefficient (Wildman–Crippen LogP) is 1.84. The number of benzene rings is 1. The normalized spacial score (nSPS) is 11.8. The van der Waals surface area contributed by atoms with Crippen molar-refractivity contribution in [2.75, 3.05) is 40.9 Å². The van der Waals surface area contributed by atoms with Gasteiger partial charge >= 0.3 is 0 Å². The SMILES string of the molecule is CCOCCCNC(=NC)NCc1ccc(CN(C)C)cc1. The lowest BCUT2D eigenvalue weighted by molar-refractivity contribution is 0.145. The van der Waals surface area contributed by atoms with E-state index in [9.17, 15) is 0 Å². The van der Waals surface area contributed by atoms with Gasteiger partial charge in [-0.1, -0.05) is 24.3 Å². The minimum Gasteiger partial charge on any atom is -0.382 e. The molecule has 0 spiro atoms. The number of nitrogens with one attached hydrogen (secondary N) is 2. The highest BCUT2D eigenvalue weighted by Crippen LogP contribution is 2.05. The molecule has 0 aliphatic carbocycles. The van der Waals surface area contributed by atoms with Crippen LogP contribution in [0.2, 0.25) is 0 Å². The first-order valence-corrected chi connectivity index (χ1v) is 7.90. The number of rotatable bonds is 9. The summed E-state index contributed by atoms with van der Waals surface area (Å²) in [6.07, 6.45) is 0.980. The van der Waals surface area contributed by atoms with E-state index in [0.29, 0.717) is 0 Å². The topological polar surface area (TPSA) is 48.9 Å². The Morgan fingerprint density at radius 1 is 1.14 bits per heavy atom. The fourth-order valence-electron chi connectivity index (χ4n) is 2.06. The summed E-state index contributed by atoms with van der Waals surface area (Å²) in [4.78, 5) is 6.39. The molecule has 1 rings (SSSR count). The van der Waals surface area contributed by atoms with Crippen LogP contribution in [-0.4, -0.2) is 51.8 Å². The smallest absolute Gasteiger partial charge is 0.191 e. The Labute approximate surface area is 134 Å². The van der Waals surface area contributed by atoms with Crippen molar-refractivity contribution in [2.45, 2.75) is 26.4 Å². The minimum absolute atomic E-state index is 0.771. The molecule has 0 saturated carbocycles. The van der Waals surface area contributed by atoms with Crippen molar-refractivity contribution in [3.05, 3.63) is 35.4 Å². The number of aliphatic imine (C=N–C) groups is 1. The third kappa shape index (κ3) is 8.00. The summed E-state index contributed by atoms with van der Waals surface area (Å²) in [7, 11) is 5.95. The van der Waals surface area contributed by atoms with Gasteiger partial charge in [-0.15, -0.1) is 0 Å². The van der Waals surface area contributed by atoms with Crippen molar-refractivity contribution in [3.63, 3.8) is 0 Å². The summed E-state index contributed by atoms with van der Waals surface area (Å²) in [5, 5.41) is 6.61. The van der Waals surface area contributed by atoms with Crippen molar-refractivity contribution in [3.8, 4) is 0 Å². The molecule has 0 aromatic heterocycles. The van der Waals surface area contributed by atoms with Gasteiger partial charge in [0, 0.05) is 39.9 Å². The Morgan fingerprint density at radius 3 is 2.41 bits per heavy atom. The molecule has 0 aliphatic heterocycles. The van der Waals surface area contributed by atoms with Crippen LogP contribution in [0.15, 0.2) is 29.3 Å². The second kappa shape index (κ2) is 11.0. The highest BCUT2D eigenvalue weighted by Gasteiger charge is 1.99. The van der Waals surface area contributed by atoms with E-state index in [-0.39, 0.29) is 0 Å². The molecule has 2 N–H and O–H groups in total. The first-order chi connectivity index (χ1) is 10.7. The Bertz CT molecular complexity index is 429. The quantitative estimate of drug-likeness (QED) is 0.415. The summed E-state index contributed by atoms with van der Waals surface area (Å²) in [6, 6.07) is 8.67. The van der Waals surface area contributed by atoms with Crippen molar-refractivity contribution in [1.29, 1.82) is 0 Å². The Hall–Kier alpha value is -1.59. The van der Waals surface area contributed by atoms with Crippen LogP contribution in [0.1, 0.15) is 24.5 Å². The third-order valence-corrected chi connectivity index (χ3v) is 3.17. The maximum atomic E-state index is 5.31. The molecule has 0 aliphatic rings. The van der Waals surface area contributed by atoms with Crippen molar-refractivity contribution < 1.29 is 4.74 Å². The molecular weight excluding hydrogens is 276 g/mol. The van der Waals surface area contributed by atoms with Crippen LogP contribution in [-0.2, 0) is 17.8 Å². The number of ether oxygens (including phenoxy) is 1. The summed E-state index contributed by atoms with van der Waals surface area (Å²) >= 11 is 0. The molecular formula is C17H30N4O. The molecule has 0 fully saturated rings. The van der Waals surface area contributed by atoms with Crippen LogP contribution in [0.4, 0.5) is 0 Å². The van der Waals surface area contributed by atoms with E-state index in [1.54, 1.807) is 7.05 Å². The zero-order valence-electron chi connectivity index (χ0n) is 14.4. The van der Waals surface area contributed by atoms with Gasteiger partial charge in [0.25, 0.3) is 0 Å². The molecule has 0 heterocycles. The lowest BCUT2D eigenvalue weighted by atomic mass is 10.1. The molecule has 124 valence electrons. The van der Waals surface area contributed by atoms with Crippen LogP contribution < -0.4 is 10.6 Å². The minimum atomic E-state index is 0.771. The number of hydrogen-bond acceptors (Lipinski definition) is 3. The molecule has 22 heavy (non-hydrogen) atoms. The lowest BCUT2D eigenvalue weighted by Crippen LogP contribution is -2.37. The van der Waals surface area contributed by atoms with Gasteiger partial charge in [0.1, 0.15) is 0 Å². The predicted molar refractivity (Wildman–Crippen MR) is 93.1 cm³/mol. The fourth-order valence-corrected chi connectivity index (χ4v) is 2.06.